The first-order valence-corrected chi connectivity index (χ1v) is 6.97. The highest BCUT2D eigenvalue weighted by atomic mass is 35.9. The Hall–Kier alpha value is 0.230. The highest BCUT2D eigenvalue weighted by molar-refractivity contribution is 8.21. The fraction of sp³-hybridized carbons (Fsp3) is 0.143. The lowest BCUT2D eigenvalue weighted by molar-refractivity contribution is 1.77. The van der Waals surface area contributed by atoms with Crippen molar-refractivity contribution in [3.05, 3.63) is 30.3 Å². The summed E-state index contributed by atoms with van der Waals surface area (Å²) in [4.78, 5) is 0. The van der Waals surface area contributed by atoms with Gasteiger partial charge in [0.25, 0.3) is 0 Å². The third-order valence-electron chi connectivity index (χ3n) is 1.21. The highest BCUT2D eigenvalue weighted by Crippen LogP contribution is 2.64. The fourth-order valence-electron chi connectivity index (χ4n) is 0.690. The molecule has 0 amide bonds. The topological polar surface area (TPSA) is 0 Å². The molecule has 0 radical (unpaired) electrons. The Balaban J connectivity index is 2.97. The van der Waals surface area contributed by atoms with Crippen LogP contribution in [0.2, 0.25) is 0 Å². The summed E-state index contributed by atoms with van der Waals surface area (Å²) in [7, 11) is 0. The summed E-state index contributed by atoms with van der Waals surface area (Å²) in [5.74, 6) is -1.82. The van der Waals surface area contributed by atoms with Crippen LogP contribution in [-0.2, 0) is 0 Å². The lowest BCUT2D eigenvalue weighted by atomic mass is 10.4. The normalized spacial score (nSPS) is 11.5. The van der Waals surface area contributed by atoms with Gasteiger partial charge >= 0.3 is 0 Å². The molecule has 0 saturated carbocycles. The van der Waals surface area contributed by atoms with Gasteiger partial charge in [-0.25, -0.2) is 0 Å². The van der Waals surface area contributed by atoms with Gasteiger partial charge in [-0.15, -0.1) is 0 Å². The summed E-state index contributed by atoms with van der Waals surface area (Å²) in [6.07, 6.45) is 0. The Morgan fingerprint density at radius 2 is 1.60 bits per heavy atom. The first-order valence-electron chi connectivity index (χ1n) is 2.92. The minimum Gasteiger partial charge on any atom is -0.0620 e. The second-order valence-corrected chi connectivity index (χ2v) is 8.81. The number of hydrogen-bond acceptors (Lipinski definition) is 0. The number of halogens is 2. The summed E-state index contributed by atoms with van der Waals surface area (Å²) in [5.41, 5.74) is 0. The molecule has 0 aliphatic rings. The molecule has 0 aliphatic carbocycles. The molecule has 0 unspecified atom stereocenters. The maximum Gasteiger partial charge on any atom is 0.240 e. The second-order valence-electron chi connectivity index (χ2n) is 2.13. The molecule has 1 aromatic rings. The number of rotatable bonds is 1. The molecule has 0 nitrogen and oxygen atoms in total. The van der Waals surface area contributed by atoms with Gasteiger partial charge in [0.2, 0.25) is 5.97 Å². The maximum absolute atomic E-state index is 5.94. The smallest absolute Gasteiger partial charge is 0.0620 e. The Morgan fingerprint density at radius 1 is 1.10 bits per heavy atom. The molecule has 0 spiro atoms. The molecule has 0 aliphatic heterocycles. The number of hydrogen-bond donors (Lipinski definition) is 0. The Morgan fingerprint density at radius 3 is 1.90 bits per heavy atom. The Labute approximate surface area is 71.1 Å². The summed E-state index contributed by atoms with van der Waals surface area (Å²) in [6, 6.07) is 9.74. The van der Waals surface area contributed by atoms with Crippen LogP contribution in [0.4, 0.5) is 0 Å². The molecular formula is C7H8Cl2P+. The Kier molecular flexibility index (Phi) is 2.57. The minimum atomic E-state index is -1.82. The molecule has 10 heavy (non-hydrogen) atoms. The summed E-state index contributed by atoms with van der Waals surface area (Å²) in [6.45, 7) is 1.87. The van der Waals surface area contributed by atoms with Crippen LogP contribution in [0.15, 0.2) is 30.3 Å². The van der Waals surface area contributed by atoms with E-state index < -0.39 is 5.97 Å². The SMILES string of the molecule is C[P+](Cl)(Cl)c1ccccc1. The Bertz CT molecular complexity index is 203. The van der Waals surface area contributed by atoms with E-state index >= 15 is 0 Å². The van der Waals surface area contributed by atoms with Crippen LogP contribution in [-0.4, -0.2) is 6.66 Å². The molecule has 1 rings (SSSR count). The average molecular weight is 194 g/mol. The maximum atomic E-state index is 5.94. The van der Waals surface area contributed by atoms with Crippen LogP contribution >= 0.6 is 28.4 Å². The lowest BCUT2D eigenvalue weighted by Gasteiger charge is -2.00. The predicted molar refractivity (Wildman–Crippen MR) is 50.6 cm³/mol. The van der Waals surface area contributed by atoms with Crippen LogP contribution in [0.1, 0.15) is 0 Å². The van der Waals surface area contributed by atoms with Crippen molar-refractivity contribution in [2.45, 2.75) is 0 Å². The molecule has 0 aromatic heterocycles. The summed E-state index contributed by atoms with van der Waals surface area (Å²) >= 11 is 11.9. The molecule has 0 atom stereocenters. The molecule has 0 fully saturated rings. The molecule has 54 valence electrons. The molecule has 0 heterocycles. The molecule has 3 heteroatoms. The first kappa shape index (κ1) is 8.33. The van der Waals surface area contributed by atoms with E-state index in [1.807, 2.05) is 37.0 Å². The van der Waals surface area contributed by atoms with Crippen molar-refractivity contribution in [1.82, 2.24) is 0 Å². The van der Waals surface area contributed by atoms with E-state index in [2.05, 4.69) is 0 Å². The standard InChI is InChI=1S/C7H8Cl2P/c1-10(8,9)7-5-3-2-4-6-7/h2-6H,1H3/q+1. The zero-order chi connectivity index (χ0) is 7.61. The van der Waals surface area contributed by atoms with Crippen molar-refractivity contribution in [2.75, 3.05) is 6.66 Å². The van der Waals surface area contributed by atoms with E-state index in [4.69, 9.17) is 22.5 Å². The average Bonchev–Trinajstić information content (AvgIpc) is 1.88. The zero-order valence-corrected chi connectivity index (χ0v) is 8.00. The third-order valence-corrected chi connectivity index (χ3v) is 3.59. The summed E-state index contributed by atoms with van der Waals surface area (Å²) < 4.78 is 0. The minimum absolute atomic E-state index is 1.04. The molecular weight excluding hydrogens is 186 g/mol. The van der Waals surface area contributed by atoms with Gasteiger partial charge in [0.15, 0.2) is 0 Å². The monoisotopic (exact) mass is 193 g/mol. The van der Waals surface area contributed by atoms with Gasteiger partial charge in [-0.1, -0.05) is 18.2 Å². The second kappa shape index (κ2) is 3.09. The third kappa shape index (κ3) is 2.12. The van der Waals surface area contributed by atoms with Gasteiger partial charge in [-0.2, -0.15) is 0 Å². The van der Waals surface area contributed by atoms with Crippen molar-refractivity contribution in [3.8, 4) is 0 Å². The van der Waals surface area contributed by atoms with Crippen LogP contribution in [0.25, 0.3) is 0 Å². The fourth-order valence-corrected chi connectivity index (χ4v) is 2.06. The largest absolute Gasteiger partial charge is 0.240 e. The van der Waals surface area contributed by atoms with Crippen LogP contribution in [0.5, 0.6) is 0 Å². The van der Waals surface area contributed by atoms with E-state index in [-0.39, 0.29) is 0 Å². The van der Waals surface area contributed by atoms with E-state index in [1.54, 1.807) is 0 Å². The zero-order valence-electron chi connectivity index (χ0n) is 5.59. The van der Waals surface area contributed by atoms with Gasteiger partial charge in [-0.05, 0) is 12.1 Å². The lowest BCUT2D eigenvalue weighted by Crippen LogP contribution is -1.98. The van der Waals surface area contributed by atoms with E-state index in [0.717, 1.165) is 5.30 Å². The molecule has 0 bridgehead atoms. The molecule has 0 N–H and O–H groups in total. The van der Waals surface area contributed by atoms with Crippen LogP contribution < -0.4 is 5.30 Å². The van der Waals surface area contributed by atoms with E-state index in [1.165, 1.54) is 0 Å². The van der Waals surface area contributed by atoms with Crippen molar-refractivity contribution in [3.63, 3.8) is 0 Å². The van der Waals surface area contributed by atoms with Gasteiger partial charge in [0.05, 0.1) is 6.66 Å². The summed E-state index contributed by atoms with van der Waals surface area (Å²) in [5, 5.41) is 1.04. The van der Waals surface area contributed by atoms with Gasteiger partial charge < -0.3 is 0 Å². The van der Waals surface area contributed by atoms with E-state index in [0.29, 0.717) is 0 Å². The van der Waals surface area contributed by atoms with Crippen molar-refractivity contribution < 1.29 is 0 Å². The van der Waals surface area contributed by atoms with Gasteiger partial charge in [0.1, 0.15) is 27.8 Å². The predicted octanol–water partition coefficient (Wildman–Crippen LogP) is 3.27. The van der Waals surface area contributed by atoms with Crippen LogP contribution in [0, 0.1) is 0 Å². The van der Waals surface area contributed by atoms with Crippen molar-refractivity contribution >= 4 is 33.8 Å². The van der Waals surface area contributed by atoms with Gasteiger partial charge in [-0.3, -0.25) is 0 Å². The van der Waals surface area contributed by atoms with Gasteiger partial charge in [0, 0.05) is 0 Å². The van der Waals surface area contributed by atoms with E-state index in [9.17, 15) is 0 Å². The molecule has 0 saturated heterocycles. The first-order chi connectivity index (χ1) is 4.61. The van der Waals surface area contributed by atoms with Crippen molar-refractivity contribution in [2.24, 2.45) is 0 Å². The van der Waals surface area contributed by atoms with Crippen molar-refractivity contribution in [1.29, 1.82) is 0 Å². The quantitative estimate of drug-likeness (QED) is 0.601. The molecule has 1 aromatic carbocycles. The highest BCUT2D eigenvalue weighted by Gasteiger charge is 2.29. The number of benzene rings is 1. The van der Waals surface area contributed by atoms with Crippen LogP contribution in [0.3, 0.4) is 0 Å².